The van der Waals surface area contributed by atoms with E-state index in [9.17, 15) is 8.42 Å². The van der Waals surface area contributed by atoms with Gasteiger partial charge in [0.25, 0.3) is 10.0 Å². The molecule has 0 atom stereocenters. The van der Waals surface area contributed by atoms with Gasteiger partial charge in [0, 0.05) is 30.6 Å². The van der Waals surface area contributed by atoms with E-state index < -0.39 is 10.0 Å². The van der Waals surface area contributed by atoms with Crippen molar-refractivity contribution in [1.29, 1.82) is 0 Å². The third-order valence-electron chi connectivity index (χ3n) is 3.06. The van der Waals surface area contributed by atoms with Gasteiger partial charge >= 0.3 is 0 Å². The van der Waals surface area contributed by atoms with Gasteiger partial charge in [-0.3, -0.25) is 0 Å². The fraction of sp³-hybridized carbons (Fsp3) is 0.429. The van der Waals surface area contributed by atoms with Crippen LogP contribution in [0.3, 0.4) is 0 Å². The highest BCUT2D eigenvalue weighted by Gasteiger charge is 2.26. The minimum absolute atomic E-state index is 0.279. The first-order valence-electron chi connectivity index (χ1n) is 6.66. The van der Waals surface area contributed by atoms with E-state index in [0.29, 0.717) is 17.4 Å². The predicted molar refractivity (Wildman–Crippen MR) is 81.9 cm³/mol. The molecule has 2 aromatic heterocycles. The van der Waals surface area contributed by atoms with Gasteiger partial charge in [0.15, 0.2) is 0 Å². The molecule has 0 saturated heterocycles. The summed E-state index contributed by atoms with van der Waals surface area (Å²) in [5.74, 6) is 0. The van der Waals surface area contributed by atoms with Crippen molar-refractivity contribution in [3.05, 3.63) is 41.2 Å². The topological polar surface area (TPSA) is 59.8 Å². The van der Waals surface area contributed by atoms with Gasteiger partial charge in [-0.25, -0.2) is 8.42 Å². The van der Waals surface area contributed by atoms with E-state index in [4.69, 9.17) is 9.15 Å². The third kappa shape index (κ3) is 3.94. The number of ether oxygens (including phenoxy) is 1. The van der Waals surface area contributed by atoms with Crippen LogP contribution >= 0.6 is 11.3 Å². The smallest absolute Gasteiger partial charge is 0.252 e. The van der Waals surface area contributed by atoms with Crippen LogP contribution in [0.1, 0.15) is 17.4 Å². The van der Waals surface area contributed by atoms with Crippen LogP contribution in [0.5, 0.6) is 0 Å². The van der Waals surface area contributed by atoms with Crippen molar-refractivity contribution in [2.75, 3.05) is 20.3 Å². The summed E-state index contributed by atoms with van der Waals surface area (Å²) in [6.07, 6.45) is 3.93. The van der Waals surface area contributed by atoms with Crippen LogP contribution < -0.4 is 0 Å². The molecule has 0 N–H and O–H groups in total. The predicted octanol–water partition coefficient (Wildman–Crippen LogP) is 2.74. The minimum atomic E-state index is -3.51. The fourth-order valence-corrected chi connectivity index (χ4v) is 4.74. The van der Waals surface area contributed by atoms with Crippen LogP contribution in [0.4, 0.5) is 0 Å². The maximum atomic E-state index is 12.7. The molecule has 0 aliphatic heterocycles. The average Bonchev–Trinajstić information content (AvgIpc) is 3.14. The molecule has 0 fully saturated rings. The molecule has 5 nitrogen and oxygen atoms in total. The summed E-state index contributed by atoms with van der Waals surface area (Å²) in [4.78, 5) is 1.06. The summed E-state index contributed by atoms with van der Waals surface area (Å²) in [6.45, 7) is 2.95. The lowest BCUT2D eigenvalue weighted by Gasteiger charge is -2.20. The molecule has 0 aliphatic carbocycles. The molecule has 0 radical (unpaired) electrons. The number of hydrogen-bond acceptors (Lipinski definition) is 5. The van der Waals surface area contributed by atoms with Crippen molar-refractivity contribution in [3.63, 3.8) is 0 Å². The highest BCUT2D eigenvalue weighted by Crippen LogP contribution is 2.26. The average molecular weight is 329 g/mol. The molecule has 7 heteroatoms. The third-order valence-corrected chi connectivity index (χ3v) is 6.61. The molecule has 0 saturated carbocycles. The summed E-state index contributed by atoms with van der Waals surface area (Å²) < 4.78 is 37.3. The Hall–Kier alpha value is -1.15. The van der Waals surface area contributed by atoms with Crippen molar-refractivity contribution < 1.29 is 17.6 Å². The molecule has 0 unspecified atom stereocenters. The van der Waals surface area contributed by atoms with Crippen LogP contribution in [-0.2, 0) is 27.7 Å². The number of methoxy groups -OCH3 is 1. The van der Waals surface area contributed by atoms with Gasteiger partial charge in [-0.05, 0) is 24.6 Å². The van der Waals surface area contributed by atoms with Crippen LogP contribution in [0, 0.1) is 0 Å². The van der Waals surface area contributed by atoms with Crippen molar-refractivity contribution in [1.82, 2.24) is 4.31 Å². The normalized spacial score (nSPS) is 12.1. The van der Waals surface area contributed by atoms with Gasteiger partial charge in [0.1, 0.15) is 4.21 Å². The number of thiophene rings is 1. The van der Waals surface area contributed by atoms with Gasteiger partial charge in [-0.15, -0.1) is 11.3 Å². The lowest BCUT2D eigenvalue weighted by Crippen LogP contribution is -2.33. The number of hydrogen-bond donors (Lipinski definition) is 0. The Morgan fingerprint density at radius 2 is 2.14 bits per heavy atom. The Morgan fingerprint density at radius 1 is 1.33 bits per heavy atom. The second-order valence-electron chi connectivity index (χ2n) is 4.54. The Labute approximate surface area is 129 Å². The molecule has 116 valence electrons. The van der Waals surface area contributed by atoms with Gasteiger partial charge in [0.2, 0.25) is 0 Å². The highest BCUT2D eigenvalue weighted by atomic mass is 32.2. The zero-order valence-corrected chi connectivity index (χ0v) is 13.7. The van der Waals surface area contributed by atoms with Crippen LogP contribution in [-0.4, -0.2) is 33.0 Å². The SMILES string of the molecule is CCc1ccc(S(=O)(=O)N(CCOC)Cc2ccoc2)s1. The number of aryl methyl sites for hydroxylation is 1. The molecule has 2 aromatic rings. The van der Waals surface area contributed by atoms with Crippen molar-refractivity contribution >= 4 is 21.4 Å². The number of furan rings is 1. The molecule has 0 spiro atoms. The zero-order valence-electron chi connectivity index (χ0n) is 12.1. The molecular weight excluding hydrogens is 310 g/mol. The van der Waals surface area contributed by atoms with Crippen LogP contribution in [0.2, 0.25) is 0 Å². The maximum Gasteiger partial charge on any atom is 0.252 e. The van der Waals surface area contributed by atoms with Crippen LogP contribution in [0.15, 0.2) is 39.4 Å². The van der Waals surface area contributed by atoms with Crippen molar-refractivity contribution in [3.8, 4) is 0 Å². The molecule has 2 heterocycles. The van der Waals surface area contributed by atoms with E-state index in [-0.39, 0.29) is 6.54 Å². The van der Waals surface area contributed by atoms with Crippen molar-refractivity contribution in [2.45, 2.75) is 24.1 Å². The summed E-state index contributed by atoms with van der Waals surface area (Å²) in [5.41, 5.74) is 0.821. The van der Waals surface area contributed by atoms with E-state index in [1.165, 1.54) is 21.9 Å². The largest absolute Gasteiger partial charge is 0.472 e. The fourth-order valence-electron chi connectivity index (χ4n) is 1.88. The summed E-state index contributed by atoms with van der Waals surface area (Å²) in [6, 6.07) is 5.30. The molecule has 0 bridgehead atoms. The van der Waals surface area contributed by atoms with E-state index in [0.717, 1.165) is 16.9 Å². The molecule has 0 aromatic carbocycles. The quantitative estimate of drug-likeness (QED) is 0.747. The maximum absolute atomic E-state index is 12.7. The first-order chi connectivity index (χ1) is 10.1. The number of rotatable bonds is 8. The molecule has 21 heavy (non-hydrogen) atoms. The lowest BCUT2D eigenvalue weighted by atomic mass is 10.3. The molecular formula is C14H19NO4S2. The van der Waals surface area contributed by atoms with Gasteiger partial charge < -0.3 is 9.15 Å². The Morgan fingerprint density at radius 3 is 2.71 bits per heavy atom. The first-order valence-corrected chi connectivity index (χ1v) is 8.92. The minimum Gasteiger partial charge on any atom is -0.472 e. The lowest BCUT2D eigenvalue weighted by molar-refractivity contribution is 0.177. The Bertz CT molecular complexity index is 646. The van der Waals surface area contributed by atoms with Crippen LogP contribution in [0.25, 0.3) is 0 Å². The summed E-state index contributed by atoms with van der Waals surface area (Å²) >= 11 is 1.32. The van der Waals surface area contributed by atoms with Crippen molar-refractivity contribution in [2.24, 2.45) is 0 Å². The monoisotopic (exact) mass is 329 g/mol. The Balaban J connectivity index is 2.24. The zero-order chi connectivity index (χ0) is 15.3. The summed E-state index contributed by atoms with van der Waals surface area (Å²) in [7, 11) is -1.95. The highest BCUT2D eigenvalue weighted by molar-refractivity contribution is 7.91. The van der Waals surface area contributed by atoms with Gasteiger partial charge in [-0.1, -0.05) is 6.92 Å². The molecule has 2 rings (SSSR count). The Kier molecular flexibility index (Phi) is 5.58. The van der Waals surface area contributed by atoms with Gasteiger partial charge in [-0.2, -0.15) is 4.31 Å². The second kappa shape index (κ2) is 7.22. The second-order valence-corrected chi connectivity index (χ2v) is 7.87. The number of nitrogens with zero attached hydrogens (tertiary/aromatic N) is 1. The first kappa shape index (κ1) is 16.2. The summed E-state index contributed by atoms with van der Waals surface area (Å²) in [5, 5.41) is 0. The molecule has 0 aliphatic rings. The molecule has 0 amide bonds. The van der Waals surface area contributed by atoms with Gasteiger partial charge in [0.05, 0.1) is 19.1 Å². The van der Waals surface area contributed by atoms with E-state index >= 15 is 0 Å². The van der Waals surface area contributed by atoms with E-state index in [1.54, 1.807) is 25.5 Å². The van der Waals surface area contributed by atoms with E-state index in [1.807, 2.05) is 13.0 Å². The number of sulfonamides is 1. The van der Waals surface area contributed by atoms with E-state index in [2.05, 4.69) is 0 Å². The standard InChI is InChI=1S/C14H19NO4S2/c1-3-13-4-5-14(20-13)21(16,17)15(7-9-18-2)10-12-6-8-19-11-12/h4-6,8,11H,3,7,9-10H2,1-2H3.